The van der Waals surface area contributed by atoms with Crippen LogP contribution in [0, 0.1) is 23.7 Å². The minimum Gasteiger partial charge on any atom is -0.289 e. The van der Waals surface area contributed by atoms with Gasteiger partial charge < -0.3 is 0 Å². The van der Waals surface area contributed by atoms with Crippen molar-refractivity contribution in [2.24, 2.45) is 23.7 Å². The first-order valence-corrected chi connectivity index (χ1v) is 10.3. The molecule has 0 N–H and O–H groups in total. The third-order valence-electron chi connectivity index (χ3n) is 5.27. The quantitative estimate of drug-likeness (QED) is 0.321. The van der Waals surface area contributed by atoms with E-state index in [0.29, 0.717) is 17.6 Å². The predicted molar refractivity (Wildman–Crippen MR) is 102 cm³/mol. The van der Waals surface area contributed by atoms with Gasteiger partial charge in [-0.2, -0.15) is 0 Å². The zero-order chi connectivity index (χ0) is 14.7. The van der Waals surface area contributed by atoms with E-state index in [1.807, 2.05) is 8.17 Å². The molecular formula is C17H24I2O. The minimum atomic E-state index is 0.341. The summed E-state index contributed by atoms with van der Waals surface area (Å²) in [7, 11) is 0. The van der Waals surface area contributed by atoms with Gasteiger partial charge in [-0.25, -0.2) is 0 Å². The molecule has 0 atom stereocenters. The second-order valence-electron chi connectivity index (χ2n) is 6.34. The summed E-state index contributed by atoms with van der Waals surface area (Å²) in [6.45, 7) is 4.51. The largest absolute Gasteiger partial charge is 0.289 e. The third-order valence-corrected chi connectivity index (χ3v) is 6.61. The maximum atomic E-state index is 12.8. The predicted octanol–water partition coefficient (Wildman–Crippen LogP) is 6.07. The first-order chi connectivity index (χ1) is 9.64. The minimum absolute atomic E-state index is 0.341. The van der Waals surface area contributed by atoms with Crippen LogP contribution in [0.2, 0.25) is 0 Å². The summed E-state index contributed by atoms with van der Waals surface area (Å²) < 4.78 is 4.10. The van der Waals surface area contributed by atoms with E-state index in [4.69, 9.17) is 0 Å². The lowest BCUT2D eigenvalue weighted by molar-refractivity contribution is -0.114. The average molecular weight is 498 g/mol. The van der Waals surface area contributed by atoms with Crippen molar-refractivity contribution in [1.29, 1.82) is 0 Å². The van der Waals surface area contributed by atoms with Crippen LogP contribution in [-0.4, -0.2) is 5.78 Å². The monoisotopic (exact) mass is 498 g/mol. The van der Waals surface area contributed by atoms with Crippen LogP contribution in [0.5, 0.6) is 0 Å². The highest BCUT2D eigenvalue weighted by Crippen LogP contribution is 2.45. The fourth-order valence-electron chi connectivity index (χ4n) is 3.46. The van der Waals surface area contributed by atoms with E-state index in [1.165, 1.54) is 38.5 Å². The van der Waals surface area contributed by atoms with Gasteiger partial charge in [-0.15, -0.1) is 0 Å². The van der Waals surface area contributed by atoms with Gasteiger partial charge in [0.2, 0.25) is 0 Å². The van der Waals surface area contributed by atoms with Crippen molar-refractivity contribution in [1.82, 2.24) is 0 Å². The Bertz CT molecular complexity index is 375. The number of rotatable bonds is 6. The van der Waals surface area contributed by atoms with Crippen molar-refractivity contribution in [3.8, 4) is 0 Å². The molecule has 112 valence electrons. The van der Waals surface area contributed by atoms with Gasteiger partial charge in [0.1, 0.15) is 0 Å². The zero-order valence-corrected chi connectivity index (χ0v) is 16.7. The van der Waals surface area contributed by atoms with Crippen LogP contribution in [0.4, 0.5) is 0 Å². The number of halogens is 2. The van der Waals surface area contributed by atoms with E-state index in [0.717, 1.165) is 23.0 Å². The zero-order valence-electron chi connectivity index (χ0n) is 12.4. The topological polar surface area (TPSA) is 17.1 Å². The molecule has 20 heavy (non-hydrogen) atoms. The fourth-order valence-corrected chi connectivity index (χ4v) is 5.04. The van der Waals surface area contributed by atoms with Gasteiger partial charge in [-0.05, 0) is 57.5 Å². The molecule has 0 spiro atoms. The Balaban J connectivity index is 1.98. The van der Waals surface area contributed by atoms with Crippen LogP contribution < -0.4 is 0 Å². The van der Waals surface area contributed by atoms with Crippen molar-refractivity contribution in [2.45, 2.75) is 52.4 Å². The Morgan fingerprint density at radius 3 is 1.50 bits per heavy atom. The van der Waals surface area contributed by atoms with Crippen LogP contribution in [0.15, 0.2) is 19.3 Å². The summed E-state index contributed by atoms with van der Waals surface area (Å²) in [5, 5.41) is 0. The number of Topliss-reactive ketones (excluding diaryl/α,β-unsaturated/α-hetero) is 1. The Morgan fingerprint density at radius 2 is 1.25 bits per heavy atom. The molecule has 0 aromatic rings. The Kier molecular flexibility index (Phi) is 6.57. The molecule has 0 saturated heterocycles. The number of ketones is 1. The first kappa shape index (κ1) is 17.0. The molecule has 1 nitrogen and oxygen atoms in total. The number of allylic oxidation sites excluding steroid dienone is 2. The van der Waals surface area contributed by atoms with Gasteiger partial charge in [0.15, 0.2) is 5.78 Å². The molecule has 0 aromatic carbocycles. The number of carbonyl (C=O) groups excluding carboxylic acids is 1. The smallest absolute Gasteiger partial charge is 0.186 e. The normalized spacial score (nSPS) is 34.4. The van der Waals surface area contributed by atoms with Crippen LogP contribution in [0.1, 0.15) is 52.4 Å². The molecule has 2 rings (SSSR count). The number of hydrogen-bond donors (Lipinski definition) is 0. The van der Waals surface area contributed by atoms with Gasteiger partial charge in [0.05, 0.1) is 0 Å². The molecular weight excluding hydrogens is 474 g/mol. The highest BCUT2D eigenvalue weighted by Gasteiger charge is 2.38. The van der Waals surface area contributed by atoms with Gasteiger partial charge in [0.25, 0.3) is 0 Å². The van der Waals surface area contributed by atoms with E-state index in [-0.39, 0.29) is 0 Å². The molecule has 0 heterocycles. The maximum absolute atomic E-state index is 12.8. The lowest BCUT2D eigenvalue weighted by Gasteiger charge is -2.39. The summed E-state index contributed by atoms with van der Waals surface area (Å²) in [6, 6.07) is 0. The Morgan fingerprint density at radius 1 is 0.900 bits per heavy atom. The van der Waals surface area contributed by atoms with Crippen molar-refractivity contribution >= 4 is 51.0 Å². The van der Waals surface area contributed by atoms with E-state index < -0.39 is 0 Å². The molecule has 0 amide bonds. The first-order valence-electron chi connectivity index (χ1n) is 7.79. The van der Waals surface area contributed by atoms with Gasteiger partial charge in [0, 0.05) is 11.1 Å². The van der Waals surface area contributed by atoms with E-state index >= 15 is 0 Å². The van der Waals surface area contributed by atoms with E-state index in [1.54, 1.807) is 0 Å². The van der Waals surface area contributed by atoms with Gasteiger partial charge in [-0.1, -0.05) is 71.9 Å². The Hall–Kier alpha value is 0.610. The summed E-state index contributed by atoms with van der Waals surface area (Å²) in [4.78, 5) is 12.8. The molecule has 3 heteroatoms. The highest BCUT2D eigenvalue weighted by molar-refractivity contribution is 14.1. The molecule has 0 radical (unpaired) electrons. The fraction of sp³-hybridized carbons (Fsp3) is 0.706. The third kappa shape index (κ3) is 3.50. The van der Waals surface area contributed by atoms with E-state index in [9.17, 15) is 4.79 Å². The summed E-state index contributed by atoms with van der Waals surface area (Å²) in [6.07, 6.45) is 7.38. The van der Waals surface area contributed by atoms with Crippen molar-refractivity contribution in [3.63, 3.8) is 0 Å². The molecule has 0 aliphatic heterocycles. The lowest BCUT2D eigenvalue weighted by atomic mass is 9.65. The second kappa shape index (κ2) is 7.75. The summed E-state index contributed by atoms with van der Waals surface area (Å²) in [5.74, 6) is 3.09. The van der Waals surface area contributed by atoms with Crippen molar-refractivity contribution in [3.05, 3.63) is 19.3 Å². The highest BCUT2D eigenvalue weighted by atomic mass is 127. The maximum Gasteiger partial charge on any atom is 0.186 e. The van der Waals surface area contributed by atoms with Crippen LogP contribution >= 0.6 is 45.2 Å². The van der Waals surface area contributed by atoms with Crippen LogP contribution in [0.25, 0.3) is 0 Å². The number of carbonyl (C=O) groups is 1. The molecule has 2 aliphatic carbocycles. The SMILES string of the molecule is CC[C@H]1C[C@H](C(=CI)C(=O)C(=CI)[C@H]2C[C@H](CC)C2)C1. The average Bonchev–Trinajstić information content (AvgIpc) is 2.36. The molecule has 0 bridgehead atoms. The standard InChI is InChI=1S/C17H24I2O/c1-3-11-5-13(6-11)15(9-18)17(20)16(10-19)14-7-12(4-2)8-14/h9-14H,3-8H2,1-2H3/t11-,12-,13-,14-. The van der Waals surface area contributed by atoms with Gasteiger partial charge in [-0.3, -0.25) is 4.79 Å². The second-order valence-corrected chi connectivity index (χ2v) is 7.59. The summed E-state index contributed by atoms with van der Waals surface area (Å²) >= 11 is 4.52. The van der Waals surface area contributed by atoms with Crippen molar-refractivity contribution in [2.75, 3.05) is 0 Å². The van der Waals surface area contributed by atoms with Crippen molar-refractivity contribution < 1.29 is 4.79 Å². The van der Waals surface area contributed by atoms with E-state index in [2.05, 4.69) is 59.0 Å². The Labute approximate surface area is 150 Å². The van der Waals surface area contributed by atoms with Crippen LogP contribution in [-0.2, 0) is 4.79 Å². The lowest BCUT2D eigenvalue weighted by Crippen LogP contribution is -2.32. The number of hydrogen-bond acceptors (Lipinski definition) is 1. The summed E-state index contributed by atoms with van der Waals surface area (Å²) in [5.41, 5.74) is 2.16. The van der Waals surface area contributed by atoms with Gasteiger partial charge >= 0.3 is 0 Å². The molecule has 2 fully saturated rings. The molecule has 0 unspecified atom stereocenters. The van der Waals surface area contributed by atoms with Crippen LogP contribution in [0.3, 0.4) is 0 Å². The molecule has 2 saturated carbocycles. The molecule has 2 aliphatic rings. The molecule has 0 aromatic heterocycles.